The van der Waals surface area contributed by atoms with Crippen molar-refractivity contribution in [3.8, 4) is 17.3 Å². The molecule has 4 nitrogen and oxygen atoms in total. The lowest BCUT2D eigenvalue weighted by molar-refractivity contribution is 0.452. The van der Waals surface area contributed by atoms with Gasteiger partial charge in [-0.2, -0.15) is 4.98 Å². The Morgan fingerprint density at radius 2 is 2.12 bits per heavy atom. The summed E-state index contributed by atoms with van der Waals surface area (Å²) in [6.45, 7) is 0. The van der Waals surface area contributed by atoms with Gasteiger partial charge in [-0.05, 0) is 34.1 Å². The van der Waals surface area contributed by atoms with Crippen molar-refractivity contribution >= 4 is 15.9 Å². The number of nitrogens with one attached hydrogen (secondary N) is 1. The first-order valence-electron chi connectivity index (χ1n) is 4.32. The van der Waals surface area contributed by atoms with E-state index < -0.39 is 11.4 Å². The van der Waals surface area contributed by atoms with Gasteiger partial charge >= 0.3 is 0 Å². The zero-order chi connectivity index (χ0) is 11.7. The van der Waals surface area contributed by atoms with Crippen LogP contribution in [0.25, 0.3) is 11.4 Å². The average Bonchev–Trinajstić information content (AvgIpc) is 2.15. The standard InChI is InChI=1S/C10H6BrFN2O2/c11-7-3-5(12)1-2-6(7)10-13-8(15)4-9(16)14-10/h1-4H,(H2,13,14,15,16). The van der Waals surface area contributed by atoms with E-state index in [0.29, 0.717) is 10.0 Å². The molecule has 6 heteroatoms. The van der Waals surface area contributed by atoms with Gasteiger partial charge in [-0.25, -0.2) is 4.39 Å². The molecule has 0 bridgehead atoms. The number of aromatic hydroxyl groups is 1. The van der Waals surface area contributed by atoms with Crippen molar-refractivity contribution in [3.63, 3.8) is 0 Å². The smallest absolute Gasteiger partial charge is 0.254 e. The maximum atomic E-state index is 12.9. The molecular formula is C10H6BrFN2O2. The van der Waals surface area contributed by atoms with Crippen molar-refractivity contribution in [1.82, 2.24) is 9.97 Å². The molecule has 0 radical (unpaired) electrons. The van der Waals surface area contributed by atoms with Crippen LogP contribution >= 0.6 is 15.9 Å². The van der Waals surface area contributed by atoms with E-state index in [2.05, 4.69) is 25.9 Å². The zero-order valence-corrected chi connectivity index (χ0v) is 9.45. The molecule has 0 saturated heterocycles. The fourth-order valence-corrected chi connectivity index (χ4v) is 1.79. The normalized spacial score (nSPS) is 10.4. The van der Waals surface area contributed by atoms with Crippen LogP contribution in [0.15, 0.2) is 33.5 Å². The van der Waals surface area contributed by atoms with E-state index in [1.165, 1.54) is 18.2 Å². The van der Waals surface area contributed by atoms with Gasteiger partial charge in [-0.3, -0.25) is 4.79 Å². The molecule has 0 atom stereocenters. The summed E-state index contributed by atoms with van der Waals surface area (Å²) in [5.74, 6) is -0.607. The Labute approximate surface area is 97.9 Å². The van der Waals surface area contributed by atoms with Crippen molar-refractivity contribution in [3.05, 3.63) is 44.9 Å². The lowest BCUT2D eigenvalue weighted by Crippen LogP contribution is -2.06. The molecule has 16 heavy (non-hydrogen) atoms. The molecule has 1 heterocycles. The Bertz CT molecular complexity index is 598. The van der Waals surface area contributed by atoms with Crippen molar-refractivity contribution in [2.75, 3.05) is 0 Å². The van der Waals surface area contributed by atoms with Crippen molar-refractivity contribution in [1.29, 1.82) is 0 Å². The third-order valence-corrected chi connectivity index (χ3v) is 2.57. The quantitative estimate of drug-likeness (QED) is 0.842. The highest BCUT2D eigenvalue weighted by Crippen LogP contribution is 2.26. The Morgan fingerprint density at radius 1 is 1.38 bits per heavy atom. The van der Waals surface area contributed by atoms with Crippen LogP contribution in [-0.2, 0) is 0 Å². The summed E-state index contributed by atoms with van der Waals surface area (Å²) in [7, 11) is 0. The third-order valence-electron chi connectivity index (χ3n) is 1.91. The molecule has 0 aliphatic heterocycles. The molecule has 0 fully saturated rings. The molecule has 2 N–H and O–H groups in total. The summed E-state index contributed by atoms with van der Waals surface area (Å²) in [5.41, 5.74) is 0.0214. The van der Waals surface area contributed by atoms with Gasteiger partial charge in [-0.15, -0.1) is 0 Å². The second kappa shape index (κ2) is 4.05. The molecule has 1 aromatic heterocycles. The molecule has 0 spiro atoms. The number of benzene rings is 1. The lowest BCUT2D eigenvalue weighted by atomic mass is 10.2. The number of hydrogen-bond acceptors (Lipinski definition) is 3. The Kier molecular flexibility index (Phi) is 2.74. The Balaban J connectivity index is 2.63. The highest BCUT2D eigenvalue weighted by atomic mass is 79.9. The summed E-state index contributed by atoms with van der Waals surface area (Å²) in [5, 5.41) is 9.18. The molecule has 0 saturated carbocycles. The van der Waals surface area contributed by atoms with Crippen LogP contribution in [0.5, 0.6) is 5.88 Å². The van der Waals surface area contributed by atoms with Crippen LogP contribution < -0.4 is 5.56 Å². The van der Waals surface area contributed by atoms with Gasteiger partial charge in [-0.1, -0.05) is 0 Å². The second-order valence-electron chi connectivity index (χ2n) is 3.08. The van der Waals surface area contributed by atoms with Gasteiger partial charge < -0.3 is 10.1 Å². The predicted molar refractivity (Wildman–Crippen MR) is 59.6 cm³/mol. The molecule has 0 aliphatic rings. The summed E-state index contributed by atoms with van der Waals surface area (Å²) >= 11 is 3.15. The third kappa shape index (κ3) is 2.11. The minimum Gasteiger partial charge on any atom is -0.493 e. The molecular weight excluding hydrogens is 279 g/mol. The van der Waals surface area contributed by atoms with Gasteiger partial charge in [0, 0.05) is 10.0 Å². The van der Waals surface area contributed by atoms with Crippen LogP contribution in [0.2, 0.25) is 0 Å². The molecule has 2 rings (SSSR count). The largest absolute Gasteiger partial charge is 0.493 e. The zero-order valence-electron chi connectivity index (χ0n) is 7.87. The fourth-order valence-electron chi connectivity index (χ4n) is 1.25. The average molecular weight is 285 g/mol. The van der Waals surface area contributed by atoms with Crippen molar-refractivity contribution in [2.45, 2.75) is 0 Å². The predicted octanol–water partition coefficient (Wildman–Crippen LogP) is 2.04. The number of rotatable bonds is 1. The molecule has 82 valence electrons. The highest BCUT2D eigenvalue weighted by molar-refractivity contribution is 9.10. The SMILES string of the molecule is O=c1cc(O)nc(-c2ccc(F)cc2Br)[nH]1. The number of aromatic nitrogens is 2. The van der Waals surface area contributed by atoms with Gasteiger partial charge in [0.2, 0.25) is 5.88 Å². The summed E-state index contributed by atoms with van der Waals surface area (Å²) < 4.78 is 13.3. The van der Waals surface area contributed by atoms with Crippen LogP contribution in [-0.4, -0.2) is 15.1 Å². The van der Waals surface area contributed by atoms with E-state index in [1.54, 1.807) is 0 Å². The summed E-state index contributed by atoms with van der Waals surface area (Å²) in [6.07, 6.45) is 0. The number of aromatic amines is 1. The van der Waals surface area contributed by atoms with Crippen LogP contribution in [0.1, 0.15) is 0 Å². The minimum absolute atomic E-state index is 0.178. The van der Waals surface area contributed by atoms with Crippen molar-refractivity contribution in [2.24, 2.45) is 0 Å². The molecule has 2 aromatic rings. The summed E-state index contributed by atoms with van der Waals surface area (Å²) in [4.78, 5) is 17.3. The monoisotopic (exact) mass is 284 g/mol. The number of H-pyrrole nitrogens is 1. The maximum Gasteiger partial charge on any atom is 0.254 e. The van der Waals surface area contributed by atoms with E-state index in [9.17, 15) is 14.3 Å². The highest BCUT2D eigenvalue weighted by Gasteiger charge is 2.08. The number of hydrogen-bond donors (Lipinski definition) is 2. The van der Waals surface area contributed by atoms with Crippen LogP contribution in [0.4, 0.5) is 4.39 Å². The lowest BCUT2D eigenvalue weighted by Gasteiger charge is -2.03. The van der Waals surface area contributed by atoms with Gasteiger partial charge in [0.05, 0.1) is 6.07 Å². The fraction of sp³-hybridized carbons (Fsp3) is 0. The van der Waals surface area contributed by atoms with E-state index >= 15 is 0 Å². The molecule has 1 aromatic carbocycles. The minimum atomic E-state index is -0.473. The van der Waals surface area contributed by atoms with Gasteiger partial charge in [0.15, 0.2) is 0 Å². The first-order valence-corrected chi connectivity index (χ1v) is 5.11. The van der Waals surface area contributed by atoms with Crippen molar-refractivity contribution < 1.29 is 9.50 Å². The second-order valence-corrected chi connectivity index (χ2v) is 3.93. The first kappa shape index (κ1) is 10.8. The molecule has 0 aliphatic carbocycles. The van der Waals surface area contributed by atoms with E-state index in [1.807, 2.05) is 0 Å². The number of halogens is 2. The van der Waals surface area contributed by atoms with Gasteiger partial charge in [0.1, 0.15) is 11.6 Å². The van der Waals surface area contributed by atoms with Gasteiger partial charge in [0.25, 0.3) is 5.56 Å². The Hall–Kier alpha value is -1.69. The Morgan fingerprint density at radius 3 is 2.75 bits per heavy atom. The van der Waals surface area contributed by atoms with E-state index in [4.69, 9.17) is 0 Å². The number of nitrogens with zero attached hydrogens (tertiary/aromatic N) is 1. The topological polar surface area (TPSA) is 66.0 Å². The van der Waals surface area contributed by atoms with Crippen LogP contribution in [0, 0.1) is 5.82 Å². The van der Waals surface area contributed by atoms with E-state index in [0.717, 1.165) is 6.07 Å². The molecule has 0 unspecified atom stereocenters. The van der Waals surface area contributed by atoms with Crippen LogP contribution in [0.3, 0.4) is 0 Å². The summed E-state index contributed by atoms with van der Waals surface area (Å²) in [6, 6.07) is 4.90. The maximum absolute atomic E-state index is 12.9. The first-order chi connectivity index (χ1) is 7.56. The van der Waals surface area contributed by atoms with E-state index in [-0.39, 0.29) is 11.7 Å². The molecule has 0 amide bonds.